The lowest BCUT2D eigenvalue weighted by atomic mass is 9.84. The van der Waals surface area contributed by atoms with Crippen molar-refractivity contribution in [3.05, 3.63) is 117 Å². The van der Waals surface area contributed by atoms with Crippen LogP contribution in [0.4, 0.5) is 24.5 Å². The Morgan fingerprint density at radius 2 is 1.72 bits per heavy atom. The van der Waals surface area contributed by atoms with Crippen LogP contribution < -0.4 is 10.3 Å². The molecule has 4 rings (SSSR count). The molecule has 0 aliphatic carbocycles. The Hall–Kier alpha value is -5.20. The van der Waals surface area contributed by atoms with Gasteiger partial charge in [-0.2, -0.15) is 18.3 Å². The van der Waals surface area contributed by atoms with E-state index in [4.69, 9.17) is 9.47 Å². The summed E-state index contributed by atoms with van der Waals surface area (Å²) in [5.74, 6) is -3.14. The van der Waals surface area contributed by atoms with E-state index >= 15 is 0 Å². The molecule has 1 atom stereocenters. The Balaban J connectivity index is 1.57. The van der Waals surface area contributed by atoms with Gasteiger partial charge in [-0.15, -0.1) is 0 Å². The maximum absolute atomic E-state index is 13.6. The molecule has 1 aliphatic rings. The van der Waals surface area contributed by atoms with Gasteiger partial charge in [0.15, 0.2) is 5.71 Å². The molecule has 0 bridgehead atoms. The van der Waals surface area contributed by atoms with Crippen LogP contribution in [0.2, 0.25) is 0 Å². The van der Waals surface area contributed by atoms with Crippen molar-refractivity contribution in [3.63, 3.8) is 0 Å². The van der Waals surface area contributed by atoms with Crippen molar-refractivity contribution in [3.8, 4) is 0 Å². The molecule has 224 valence electrons. The third-order valence-electron chi connectivity index (χ3n) is 6.64. The van der Waals surface area contributed by atoms with E-state index in [2.05, 4.69) is 10.5 Å². The fourth-order valence-electron chi connectivity index (χ4n) is 4.40. The second-order valence-electron chi connectivity index (χ2n) is 9.60. The van der Waals surface area contributed by atoms with Crippen LogP contribution in [0.3, 0.4) is 0 Å². The molecule has 0 radical (unpaired) electrons. The number of nitrogens with one attached hydrogen (secondary N) is 1. The molecular weight excluding hydrogens is 569 g/mol. The van der Waals surface area contributed by atoms with E-state index in [1.165, 1.54) is 37.3 Å². The Morgan fingerprint density at radius 1 is 1.00 bits per heavy atom. The lowest BCUT2D eigenvalue weighted by Gasteiger charge is -2.27. The monoisotopic (exact) mass is 596 g/mol. The average Bonchev–Trinajstić information content (AvgIpc) is 2.99. The average molecular weight is 597 g/mol. The zero-order valence-corrected chi connectivity index (χ0v) is 23.1. The number of allylic oxidation sites excluding steroid dienone is 1. The first-order valence-corrected chi connectivity index (χ1v) is 13.0. The molecule has 1 unspecified atom stereocenters. The van der Waals surface area contributed by atoms with Gasteiger partial charge in [0, 0.05) is 30.6 Å². The van der Waals surface area contributed by atoms with E-state index in [9.17, 15) is 32.9 Å². The zero-order chi connectivity index (χ0) is 31.1. The first kappa shape index (κ1) is 30.8. The van der Waals surface area contributed by atoms with Gasteiger partial charge in [0.2, 0.25) is 0 Å². The molecule has 0 saturated carbocycles. The number of carbonyl (C=O) groups is 2. The van der Waals surface area contributed by atoms with Gasteiger partial charge in [-0.05, 0) is 30.2 Å². The predicted octanol–water partition coefficient (Wildman–Crippen LogP) is 5.35. The maximum atomic E-state index is 13.6. The van der Waals surface area contributed by atoms with Crippen molar-refractivity contribution < 1.29 is 37.2 Å². The van der Waals surface area contributed by atoms with Crippen molar-refractivity contribution >= 4 is 29.0 Å². The van der Waals surface area contributed by atoms with Crippen LogP contribution in [0.5, 0.6) is 0 Å². The minimum absolute atomic E-state index is 0.00764. The second-order valence-corrected chi connectivity index (χ2v) is 9.60. The summed E-state index contributed by atoms with van der Waals surface area (Å²) >= 11 is 0. The number of hydrogen-bond acceptors (Lipinski definition) is 9. The summed E-state index contributed by atoms with van der Waals surface area (Å²) in [7, 11) is 1.64. The van der Waals surface area contributed by atoms with Crippen molar-refractivity contribution in [1.82, 2.24) is 5.43 Å². The molecule has 0 fully saturated rings. The standard InChI is InChI=1S/C30H27F3N4O6/c1-19-25(28(38)43-18-20-8-4-3-5-9-20)26(21-10-6-11-22(16-21)30(31,32)33)27(35-34-19)29(39)42-15-14-36(2)23-12-7-13-24(17-23)37(40)41/h3-13,16-17,26,34H,14-15,18H2,1-2H3. The highest BCUT2D eigenvalue weighted by molar-refractivity contribution is 6.40. The van der Waals surface area contributed by atoms with E-state index in [0.717, 1.165) is 12.1 Å². The number of nitrogens with zero attached hydrogens (tertiary/aromatic N) is 3. The van der Waals surface area contributed by atoms with Gasteiger partial charge in [-0.3, -0.25) is 15.5 Å². The van der Waals surface area contributed by atoms with Gasteiger partial charge < -0.3 is 14.4 Å². The lowest BCUT2D eigenvalue weighted by molar-refractivity contribution is -0.384. The zero-order valence-electron chi connectivity index (χ0n) is 23.1. The number of rotatable bonds is 10. The summed E-state index contributed by atoms with van der Waals surface area (Å²) in [4.78, 5) is 38.8. The Morgan fingerprint density at radius 3 is 2.42 bits per heavy atom. The molecule has 1 heterocycles. The normalized spacial score (nSPS) is 14.8. The summed E-state index contributed by atoms with van der Waals surface area (Å²) in [6, 6.07) is 19.0. The fraction of sp³-hybridized carbons (Fsp3) is 0.233. The number of benzene rings is 3. The van der Waals surface area contributed by atoms with E-state index in [1.54, 1.807) is 48.3 Å². The van der Waals surface area contributed by atoms with Gasteiger partial charge in [-0.1, -0.05) is 54.6 Å². The van der Waals surface area contributed by atoms with Gasteiger partial charge >= 0.3 is 18.1 Å². The van der Waals surface area contributed by atoms with E-state index in [0.29, 0.717) is 11.3 Å². The molecular formula is C30H27F3N4O6. The van der Waals surface area contributed by atoms with E-state index in [-0.39, 0.29) is 48.0 Å². The third kappa shape index (κ3) is 7.56. The fourth-order valence-corrected chi connectivity index (χ4v) is 4.40. The first-order chi connectivity index (χ1) is 20.5. The number of nitro groups is 1. The third-order valence-corrected chi connectivity index (χ3v) is 6.64. The maximum Gasteiger partial charge on any atom is 0.416 e. The number of hydrogen-bond donors (Lipinski definition) is 1. The van der Waals surface area contributed by atoms with Crippen LogP contribution in [0, 0.1) is 10.1 Å². The number of nitro benzene ring substituents is 1. The summed E-state index contributed by atoms with van der Waals surface area (Å²) in [6.45, 7) is 1.33. The molecule has 3 aromatic rings. The van der Waals surface area contributed by atoms with Crippen molar-refractivity contribution in [2.45, 2.75) is 25.6 Å². The molecule has 0 amide bonds. The Kier molecular flexibility index (Phi) is 9.43. The quantitative estimate of drug-likeness (QED) is 0.189. The van der Waals surface area contributed by atoms with Crippen LogP contribution in [0.15, 0.2) is 95.2 Å². The number of carbonyl (C=O) groups excluding carboxylic acids is 2. The first-order valence-electron chi connectivity index (χ1n) is 13.0. The summed E-state index contributed by atoms with van der Waals surface area (Å²) in [5, 5.41) is 15.1. The largest absolute Gasteiger partial charge is 0.459 e. The van der Waals surface area contributed by atoms with Gasteiger partial charge in [-0.25, -0.2) is 9.59 Å². The molecule has 0 aromatic heterocycles. The van der Waals surface area contributed by atoms with Crippen LogP contribution in [0.1, 0.15) is 29.5 Å². The number of esters is 2. The molecule has 1 N–H and O–H groups in total. The van der Waals surface area contributed by atoms with Crippen LogP contribution in [-0.2, 0) is 31.8 Å². The van der Waals surface area contributed by atoms with Crippen LogP contribution in [0.25, 0.3) is 0 Å². The topological polar surface area (TPSA) is 123 Å². The molecule has 13 heteroatoms. The molecule has 1 aliphatic heterocycles. The Labute approximate surface area is 244 Å². The number of likely N-dealkylation sites (N-methyl/N-ethyl adjacent to an activating group) is 1. The van der Waals surface area contributed by atoms with Gasteiger partial charge in [0.1, 0.15) is 13.2 Å². The highest BCUT2D eigenvalue weighted by Crippen LogP contribution is 2.36. The van der Waals surface area contributed by atoms with E-state index < -0.39 is 34.5 Å². The van der Waals surface area contributed by atoms with Crippen molar-refractivity contribution in [2.75, 3.05) is 25.1 Å². The number of ether oxygens (including phenoxy) is 2. The number of anilines is 1. The van der Waals surface area contributed by atoms with Crippen LogP contribution in [-0.4, -0.2) is 42.8 Å². The minimum Gasteiger partial charge on any atom is -0.459 e. The molecule has 3 aromatic carbocycles. The number of non-ortho nitro benzene ring substituents is 1. The Bertz CT molecular complexity index is 1570. The second kappa shape index (κ2) is 13.2. The van der Waals surface area contributed by atoms with Gasteiger partial charge in [0.25, 0.3) is 5.69 Å². The van der Waals surface area contributed by atoms with Crippen molar-refractivity contribution in [1.29, 1.82) is 0 Å². The molecule has 0 spiro atoms. The molecule has 0 saturated heterocycles. The highest BCUT2D eigenvalue weighted by Gasteiger charge is 2.39. The predicted molar refractivity (Wildman–Crippen MR) is 151 cm³/mol. The molecule has 43 heavy (non-hydrogen) atoms. The number of alkyl halides is 3. The molecule has 10 nitrogen and oxygen atoms in total. The van der Waals surface area contributed by atoms with Crippen molar-refractivity contribution in [2.24, 2.45) is 5.10 Å². The van der Waals surface area contributed by atoms with Gasteiger partial charge in [0.05, 0.1) is 28.5 Å². The minimum atomic E-state index is -4.68. The summed E-state index contributed by atoms with van der Waals surface area (Å²) < 4.78 is 51.7. The summed E-state index contributed by atoms with van der Waals surface area (Å²) in [5.41, 5.74) is 2.47. The van der Waals surface area contributed by atoms with E-state index in [1.807, 2.05) is 0 Å². The number of halogens is 3. The smallest absolute Gasteiger partial charge is 0.416 e. The lowest BCUT2D eigenvalue weighted by Crippen LogP contribution is -2.37. The summed E-state index contributed by atoms with van der Waals surface area (Å²) in [6.07, 6.45) is -4.68. The highest BCUT2D eigenvalue weighted by atomic mass is 19.4. The number of hydrazone groups is 1. The SMILES string of the molecule is CC1=C(C(=O)OCc2ccccc2)C(c2cccc(C(F)(F)F)c2)C(C(=O)OCCN(C)c2cccc([N+](=O)[O-])c2)=NN1. The van der Waals surface area contributed by atoms with Crippen LogP contribution >= 0.6 is 0 Å².